The van der Waals surface area contributed by atoms with Gasteiger partial charge in [-0.2, -0.15) is 0 Å². The average molecular weight is 286 g/mol. The van der Waals surface area contributed by atoms with Gasteiger partial charge in [-0.15, -0.1) is 0 Å². The minimum Gasteiger partial charge on any atom is -0.380 e. The molecular weight excluding hydrogens is 274 g/mol. The predicted molar refractivity (Wildman–Crippen MR) is 79.3 cm³/mol. The van der Waals surface area contributed by atoms with Gasteiger partial charge < -0.3 is 10.3 Å². The number of hydrogen-bond acceptors (Lipinski definition) is 4. The first-order valence-electron chi connectivity index (χ1n) is 6.09. The number of anilines is 1. The summed E-state index contributed by atoms with van der Waals surface area (Å²) in [5.41, 5.74) is 9.34. The first-order valence-corrected chi connectivity index (χ1v) is 6.47. The van der Waals surface area contributed by atoms with Gasteiger partial charge in [-0.1, -0.05) is 28.9 Å². The Hall–Kier alpha value is -2.33. The molecule has 0 radical (unpaired) electrons. The number of benzene rings is 1. The molecule has 0 bridgehead atoms. The molecule has 0 saturated heterocycles. The third-order valence-electron chi connectivity index (χ3n) is 2.99. The highest BCUT2D eigenvalue weighted by molar-refractivity contribution is 6.30. The van der Waals surface area contributed by atoms with Gasteiger partial charge in [0.25, 0.3) is 0 Å². The highest BCUT2D eigenvalue weighted by atomic mass is 35.5. The van der Waals surface area contributed by atoms with Crippen LogP contribution in [0, 0.1) is 6.92 Å². The van der Waals surface area contributed by atoms with Crippen LogP contribution in [0.4, 0.5) is 5.82 Å². The molecule has 5 heteroatoms. The molecule has 0 atom stereocenters. The lowest BCUT2D eigenvalue weighted by atomic mass is 10.0. The monoisotopic (exact) mass is 285 g/mol. The SMILES string of the molecule is Cc1cc(-c2onc(N)c2-c2cccc(Cl)c2)ccn1. The molecule has 0 amide bonds. The summed E-state index contributed by atoms with van der Waals surface area (Å²) in [6.07, 6.45) is 1.73. The van der Waals surface area contributed by atoms with Crippen LogP contribution >= 0.6 is 11.6 Å². The smallest absolute Gasteiger partial charge is 0.177 e. The van der Waals surface area contributed by atoms with E-state index in [4.69, 9.17) is 21.9 Å². The quantitative estimate of drug-likeness (QED) is 0.774. The summed E-state index contributed by atoms with van der Waals surface area (Å²) in [5.74, 6) is 0.965. The minimum absolute atomic E-state index is 0.344. The second kappa shape index (κ2) is 4.98. The Kier molecular flexibility index (Phi) is 3.16. The molecule has 0 unspecified atom stereocenters. The fraction of sp³-hybridized carbons (Fsp3) is 0.0667. The molecule has 2 heterocycles. The number of halogens is 1. The van der Waals surface area contributed by atoms with Gasteiger partial charge in [-0.25, -0.2) is 0 Å². The van der Waals surface area contributed by atoms with Crippen molar-refractivity contribution in [3.05, 3.63) is 53.3 Å². The Morgan fingerprint density at radius 3 is 2.75 bits per heavy atom. The molecule has 2 aromatic heterocycles. The molecule has 100 valence electrons. The van der Waals surface area contributed by atoms with E-state index in [2.05, 4.69) is 10.1 Å². The van der Waals surface area contributed by atoms with E-state index in [9.17, 15) is 0 Å². The summed E-state index contributed by atoms with van der Waals surface area (Å²) in [5, 5.41) is 4.51. The first kappa shape index (κ1) is 12.7. The number of aromatic nitrogens is 2. The van der Waals surface area contributed by atoms with Crippen molar-refractivity contribution in [3.63, 3.8) is 0 Å². The zero-order valence-electron chi connectivity index (χ0n) is 10.8. The summed E-state index contributed by atoms with van der Waals surface area (Å²) in [4.78, 5) is 4.17. The number of nitrogen functional groups attached to an aromatic ring is 1. The van der Waals surface area contributed by atoms with Crippen molar-refractivity contribution in [3.8, 4) is 22.5 Å². The number of nitrogens with two attached hydrogens (primary N) is 1. The highest BCUT2D eigenvalue weighted by Gasteiger charge is 2.18. The predicted octanol–water partition coefficient (Wildman–Crippen LogP) is 3.95. The summed E-state index contributed by atoms with van der Waals surface area (Å²) >= 11 is 6.04. The van der Waals surface area contributed by atoms with Gasteiger partial charge in [0.05, 0.1) is 5.56 Å². The van der Waals surface area contributed by atoms with Crippen molar-refractivity contribution in [1.82, 2.24) is 10.1 Å². The largest absolute Gasteiger partial charge is 0.380 e. The normalized spacial score (nSPS) is 10.7. The summed E-state index contributed by atoms with van der Waals surface area (Å²) in [6.45, 7) is 1.92. The van der Waals surface area contributed by atoms with Gasteiger partial charge in [-0.05, 0) is 36.8 Å². The molecule has 2 N–H and O–H groups in total. The van der Waals surface area contributed by atoms with Crippen LogP contribution in [-0.4, -0.2) is 10.1 Å². The second-order valence-corrected chi connectivity index (χ2v) is 4.90. The molecule has 0 aliphatic heterocycles. The van der Waals surface area contributed by atoms with Gasteiger partial charge in [0.2, 0.25) is 0 Å². The van der Waals surface area contributed by atoms with Crippen molar-refractivity contribution in [2.75, 3.05) is 5.73 Å². The van der Waals surface area contributed by atoms with E-state index in [1.807, 2.05) is 43.3 Å². The summed E-state index contributed by atoms with van der Waals surface area (Å²) < 4.78 is 5.38. The molecule has 0 aliphatic carbocycles. The maximum absolute atomic E-state index is 6.04. The van der Waals surface area contributed by atoms with E-state index in [1.54, 1.807) is 6.20 Å². The Balaban J connectivity index is 2.20. The lowest BCUT2D eigenvalue weighted by Gasteiger charge is -2.04. The van der Waals surface area contributed by atoms with Gasteiger partial charge in [0.15, 0.2) is 11.6 Å². The fourth-order valence-electron chi connectivity index (χ4n) is 2.11. The molecule has 20 heavy (non-hydrogen) atoms. The average Bonchev–Trinajstić information content (AvgIpc) is 2.80. The Labute approximate surface area is 121 Å². The van der Waals surface area contributed by atoms with Crippen molar-refractivity contribution >= 4 is 17.4 Å². The van der Waals surface area contributed by atoms with E-state index in [1.165, 1.54) is 0 Å². The van der Waals surface area contributed by atoms with Crippen LogP contribution in [-0.2, 0) is 0 Å². The first-order chi connectivity index (χ1) is 9.65. The zero-order valence-corrected chi connectivity index (χ0v) is 11.6. The maximum Gasteiger partial charge on any atom is 0.177 e. The maximum atomic E-state index is 6.04. The lowest BCUT2D eigenvalue weighted by Crippen LogP contribution is -1.89. The van der Waals surface area contributed by atoms with Gasteiger partial charge >= 0.3 is 0 Å². The molecule has 0 fully saturated rings. The van der Waals surface area contributed by atoms with E-state index in [0.29, 0.717) is 16.6 Å². The number of hydrogen-bond donors (Lipinski definition) is 1. The van der Waals surface area contributed by atoms with Crippen LogP contribution in [0.5, 0.6) is 0 Å². The van der Waals surface area contributed by atoms with Crippen molar-refractivity contribution in [2.24, 2.45) is 0 Å². The molecule has 3 aromatic rings. The van der Waals surface area contributed by atoms with Gasteiger partial charge in [0.1, 0.15) is 0 Å². The van der Waals surface area contributed by atoms with Crippen LogP contribution < -0.4 is 5.73 Å². The number of pyridine rings is 1. The Bertz CT molecular complexity index is 767. The highest BCUT2D eigenvalue weighted by Crippen LogP contribution is 2.37. The number of rotatable bonds is 2. The van der Waals surface area contributed by atoms with Gasteiger partial charge in [-0.3, -0.25) is 4.98 Å². The number of aryl methyl sites for hydroxylation is 1. The van der Waals surface area contributed by atoms with E-state index in [-0.39, 0.29) is 0 Å². The molecule has 1 aromatic carbocycles. The summed E-state index contributed by atoms with van der Waals surface area (Å²) in [6, 6.07) is 11.2. The van der Waals surface area contributed by atoms with Crippen molar-refractivity contribution in [1.29, 1.82) is 0 Å². The van der Waals surface area contributed by atoms with Crippen LogP contribution in [0.2, 0.25) is 5.02 Å². The fourth-order valence-corrected chi connectivity index (χ4v) is 2.30. The van der Waals surface area contributed by atoms with Crippen LogP contribution in [0.1, 0.15) is 5.69 Å². The Morgan fingerprint density at radius 2 is 2.00 bits per heavy atom. The van der Waals surface area contributed by atoms with Crippen molar-refractivity contribution < 1.29 is 4.52 Å². The molecular formula is C15H12ClN3O. The molecule has 4 nitrogen and oxygen atoms in total. The third kappa shape index (κ3) is 2.26. The topological polar surface area (TPSA) is 64.9 Å². The van der Waals surface area contributed by atoms with Crippen LogP contribution in [0.15, 0.2) is 47.1 Å². The van der Waals surface area contributed by atoms with E-state index in [0.717, 1.165) is 22.4 Å². The third-order valence-corrected chi connectivity index (χ3v) is 3.23. The van der Waals surface area contributed by atoms with Crippen molar-refractivity contribution in [2.45, 2.75) is 6.92 Å². The molecule has 3 rings (SSSR count). The van der Waals surface area contributed by atoms with Crippen LogP contribution in [0.3, 0.4) is 0 Å². The van der Waals surface area contributed by atoms with Gasteiger partial charge in [0, 0.05) is 22.5 Å². The van der Waals surface area contributed by atoms with E-state index < -0.39 is 0 Å². The second-order valence-electron chi connectivity index (χ2n) is 4.47. The Morgan fingerprint density at radius 1 is 1.15 bits per heavy atom. The molecule has 0 spiro atoms. The van der Waals surface area contributed by atoms with Crippen LogP contribution in [0.25, 0.3) is 22.5 Å². The molecule has 0 aliphatic rings. The molecule has 0 saturated carbocycles. The zero-order chi connectivity index (χ0) is 14.1. The standard InChI is InChI=1S/C15H12ClN3O/c1-9-7-11(5-6-18-9)14-13(15(17)19-20-14)10-3-2-4-12(16)8-10/h2-8H,1H3,(H2,17,19). The number of nitrogens with zero attached hydrogens (tertiary/aromatic N) is 2. The van der Waals surface area contributed by atoms with E-state index >= 15 is 0 Å². The summed E-state index contributed by atoms with van der Waals surface area (Å²) in [7, 11) is 0. The minimum atomic E-state index is 0.344. The lowest BCUT2D eigenvalue weighted by molar-refractivity contribution is 0.436.